The Morgan fingerprint density at radius 3 is 2.33 bits per heavy atom. The lowest BCUT2D eigenvalue weighted by Gasteiger charge is -2.22. The Morgan fingerprint density at radius 1 is 1.04 bits per heavy atom. The molecule has 3 nitrogen and oxygen atoms in total. The molecule has 5 heteroatoms. The number of ketones is 1. The van der Waals surface area contributed by atoms with Crippen LogP contribution >= 0.6 is 23.2 Å². The zero-order valence-electron chi connectivity index (χ0n) is 15.7. The van der Waals surface area contributed by atoms with Crippen LogP contribution in [0.2, 0.25) is 10.0 Å². The monoisotopic (exact) mass is 406 g/mol. The van der Waals surface area contributed by atoms with E-state index in [1.54, 1.807) is 18.2 Å². The highest BCUT2D eigenvalue weighted by Crippen LogP contribution is 2.33. The maximum absolute atomic E-state index is 13.1. The molecule has 0 heterocycles. The van der Waals surface area contributed by atoms with Gasteiger partial charge in [0.15, 0.2) is 5.78 Å². The van der Waals surface area contributed by atoms with Crippen molar-refractivity contribution in [3.63, 3.8) is 0 Å². The number of rotatable bonds is 6. The number of ether oxygens (including phenoxy) is 2. The number of benzene rings is 2. The first-order chi connectivity index (χ1) is 13.0. The first kappa shape index (κ1) is 20.0. The second-order valence-electron chi connectivity index (χ2n) is 7.09. The van der Waals surface area contributed by atoms with Crippen LogP contribution in [0.5, 0.6) is 11.5 Å². The standard InChI is InChI=1S/C22H24Cl2O3/c1-14-8-9-16(27-13-15-6-4-3-5-7-15)10-18(14)22(25)21-19(23)11-17(26-2)12-20(21)24/h8-12,15H,3-7,13H2,1-2H3. The van der Waals surface area contributed by atoms with Gasteiger partial charge in [0, 0.05) is 5.56 Å². The van der Waals surface area contributed by atoms with Crippen molar-refractivity contribution < 1.29 is 14.3 Å². The third-order valence-corrected chi connectivity index (χ3v) is 5.74. The van der Waals surface area contributed by atoms with Gasteiger partial charge in [-0.3, -0.25) is 4.79 Å². The SMILES string of the molecule is COc1cc(Cl)c(C(=O)c2cc(OCC3CCCCC3)ccc2C)c(Cl)c1. The number of methoxy groups -OCH3 is 1. The normalized spacial score (nSPS) is 14.8. The molecule has 0 spiro atoms. The van der Waals surface area contributed by atoms with Crippen LogP contribution in [0.3, 0.4) is 0 Å². The molecule has 0 amide bonds. The second kappa shape index (κ2) is 8.99. The summed E-state index contributed by atoms with van der Waals surface area (Å²) in [4.78, 5) is 13.1. The fraction of sp³-hybridized carbons (Fsp3) is 0.409. The third-order valence-electron chi connectivity index (χ3n) is 5.14. The fourth-order valence-electron chi connectivity index (χ4n) is 3.52. The summed E-state index contributed by atoms with van der Waals surface area (Å²) in [5.41, 5.74) is 1.68. The topological polar surface area (TPSA) is 35.5 Å². The van der Waals surface area contributed by atoms with E-state index >= 15 is 0 Å². The summed E-state index contributed by atoms with van der Waals surface area (Å²) in [5, 5.41) is 0.551. The molecule has 2 aromatic rings. The molecule has 27 heavy (non-hydrogen) atoms. The van der Waals surface area contributed by atoms with Gasteiger partial charge in [0.05, 0.1) is 29.3 Å². The molecule has 1 aliphatic rings. The number of halogens is 2. The number of carbonyl (C=O) groups excluding carboxylic acids is 1. The van der Waals surface area contributed by atoms with Crippen molar-refractivity contribution in [2.24, 2.45) is 5.92 Å². The highest BCUT2D eigenvalue weighted by atomic mass is 35.5. The maximum atomic E-state index is 13.1. The fourth-order valence-corrected chi connectivity index (χ4v) is 4.16. The molecule has 0 radical (unpaired) electrons. The predicted molar refractivity (Wildman–Crippen MR) is 110 cm³/mol. The second-order valence-corrected chi connectivity index (χ2v) is 7.90. The minimum Gasteiger partial charge on any atom is -0.497 e. The molecule has 0 saturated heterocycles. The smallest absolute Gasteiger partial charge is 0.196 e. The molecule has 0 bridgehead atoms. The molecule has 0 aliphatic heterocycles. The van der Waals surface area contributed by atoms with Gasteiger partial charge in [0.2, 0.25) is 0 Å². The molecule has 3 rings (SSSR count). The minimum atomic E-state index is -0.215. The van der Waals surface area contributed by atoms with Gasteiger partial charge < -0.3 is 9.47 Å². The summed E-state index contributed by atoms with van der Waals surface area (Å²) in [6.45, 7) is 2.59. The lowest BCUT2D eigenvalue weighted by atomic mass is 9.90. The molecule has 0 atom stereocenters. The van der Waals surface area contributed by atoms with Gasteiger partial charge in [-0.2, -0.15) is 0 Å². The van der Waals surface area contributed by atoms with E-state index in [0.717, 1.165) is 5.56 Å². The van der Waals surface area contributed by atoms with Crippen LogP contribution in [0.15, 0.2) is 30.3 Å². The van der Waals surface area contributed by atoms with Crippen LogP contribution in [0.25, 0.3) is 0 Å². The molecule has 0 aromatic heterocycles. The van der Waals surface area contributed by atoms with E-state index in [1.165, 1.54) is 39.2 Å². The van der Waals surface area contributed by atoms with Crippen molar-refractivity contribution in [3.05, 3.63) is 57.1 Å². The summed E-state index contributed by atoms with van der Waals surface area (Å²) < 4.78 is 11.1. The largest absolute Gasteiger partial charge is 0.497 e. The van der Waals surface area contributed by atoms with Crippen LogP contribution in [0, 0.1) is 12.8 Å². The molecule has 144 valence electrons. The van der Waals surface area contributed by atoms with E-state index in [1.807, 2.05) is 19.1 Å². The Morgan fingerprint density at radius 2 is 1.70 bits per heavy atom. The van der Waals surface area contributed by atoms with Crippen molar-refractivity contribution in [3.8, 4) is 11.5 Å². The van der Waals surface area contributed by atoms with E-state index in [-0.39, 0.29) is 21.4 Å². The Labute approximate surface area is 170 Å². The zero-order chi connectivity index (χ0) is 19.4. The number of hydrogen-bond acceptors (Lipinski definition) is 3. The van der Waals surface area contributed by atoms with Gasteiger partial charge >= 0.3 is 0 Å². The van der Waals surface area contributed by atoms with Gasteiger partial charge in [-0.15, -0.1) is 0 Å². The van der Waals surface area contributed by atoms with Crippen LogP contribution in [0.4, 0.5) is 0 Å². The zero-order valence-corrected chi connectivity index (χ0v) is 17.2. The first-order valence-electron chi connectivity index (χ1n) is 9.30. The Bertz CT molecular complexity index is 803. The van der Waals surface area contributed by atoms with Crippen LogP contribution in [0.1, 0.15) is 53.6 Å². The third kappa shape index (κ3) is 4.77. The highest BCUT2D eigenvalue weighted by Gasteiger charge is 2.21. The number of aryl methyl sites for hydroxylation is 1. The van der Waals surface area contributed by atoms with E-state index < -0.39 is 0 Å². The van der Waals surface area contributed by atoms with Crippen molar-refractivity contribution in [1.82, 2.24) is 0 Å². The van der Waals surface area contributed by atoms with Crippen molar-refractivity contribution in [1.29, 1.82) is 0 Å². The van der Waals surface area contributed by atoms with Gasteiger partial charge in [-0.1, -0.05) is 48.5 Å². The van der Waals surface area contributed by atoms with Crippen molar-refractivity contribution in [2.45, 2.75) is 39.0 Å². The molecule has 2 aromatic carbocycles. The summed E-state index contributed by atoms with van der Waals surface area (Å²) in [5.74, 6) is 1.61. The molecular formula is C22H24Cl2O3. The van der Waals surface area contributed by atoms with Gasteiger partial charge in [-0.05, 0) is 55.5 Å². The molecule has 1 aliphatic carbocycles. The number of carbonyl (C=O) groups is 1. The summed E-state index contributed by atoms with van der Waals surface area (Å²) >= 11 is 12.6. The predicted octanol–water partition coefficient (Wildman–Crippen LogP) is 6.50. The lowest BCUT2D eigenvalue weighted by molar-refractivity contribution is 0.103. The van der Waals surface area contributed by atoms with Gasteiger partial charge in [-0.25, -0.2) is 0 Å². The quantitative estimate of drug-likeness (QED) is 0.513. The summed E-state index contributed by atoms with van der Waals surface area (Å²) in [6.07, 6.45) is 6.31. The minimum absolute atomic E-state index is 0.215. The number of hydrogen-bond donors (Lipinski definition) is 0. The van der Waals surface area contributed by atoms with Gasteiger partial charge in [0.1, 0.15) is 11.5 Å². The van der Waals surface area contributed by atoms with Crippen LogP contribution < -0.4 is 9.47 Å². The van der Waals surface area contributed by atoms with Crippen LogP contribution in [-0.2, 0) is 0 Å². The molecule has 0 N–H and O–H groups in total. The van der Waals surface area contributed by atoms with Crippen LogP contribution in [-0.4, -0.2) is 19.5 Å². The average molecular weight is 407 g/mol. The van der Waals surface area contributed by atoms with Crippen molar-refractivity contribution >= 4 is 29.0 Å². The summed E-state index contributed by atoms with van der Waals surface area (Å²) in [6, 6.07) is 8.79. The van der Waals surface area contributed by atoms with Crippen molar-refractivity contribution in [2.75, 3.05) is 13.7 Å². The molecule has 0 unspecified atom stereocenters. The first-order valence-corrected chi connectivity index (χ1v) is 10.1. The van der Waals surface area contributed by atoms with E-state index in [2.05, 4.69) is 0 Å². The Balaban J connectivity index is 1.82. The molecular weight excluding hydrogens is 383 g/mol. The summed E-state index contributed by atoms with van der Waals surface area (Å²) in [7, 11) is 1.53. The highest BCUT2D eigenvalue weighted by molar-refractivity contribution is 6.41. The van der Waals surface area contributed by atoms with E-state index in [0.29, 0.717) is 29.6 Å². The van der Waals surface area contributed by atoms with Gasteiger partial charge in [0.25, 0.3) is 0 Å². The Kier molecular flexibility index (Phi) is 6.67. The molecule has 1 fully saturated rings. The molecule has 1 saturated carbocycles. The maximum Gasteiger partial charge on any atom is 0.196 e. The van der Waals surface area contributed by atoms with E-state index in [4.69, 9.17) is 32.7 Å². The lowest BCUT2D eigenvalue weighted by Crippen LogP contribution is -2.15. The van der Waals surface area contributed by atoms with E-state index in [9.17, 15) is 4.79 Å². The average Bonchev–Trinajstić information content (AvgIpc) is 2.67. The Hall–Kier alpha value is -1.71.